The normalized spacial score (nSPS) is 12.8. The third-order valence-corrected chi connectivity index (χ3v) is 3.14. The standard InChI is InChI=1S/C14H12N4O2/c15-8-1-3-10-11(5-8)18-14(17-10)16-9-2-4-12-13(6-9)20-7-19-12/h1-6H,7,15H2,(H2,16,17,18). The molecule has 0 bridgehead atoms. The molecule has 0 saturated carbocycles. The molecule has 4 N–H and O–H groups in total. The smallest absolute Gasteiger partial charge is 0.231 e. The molecule has 2 heterocycles. The molecule has 4 rings (SSSR count). The van der Waals surface area contributed by atoms with Gasteiger partial charge in [-0.3, -0.25) is 0 Å². The zero-order valence-electron chi connectivity index (χ0n) is 10.5. The van der Waals surface area contributed by atoms with Gasteiger partial charge in [0.15, 0.2) is 11.5 Å². The molecule has 0 unspecified atom stereocenters. The molecule has 0 spiro atoms. The van der Waals surface area contributed by atoms with E-state index in [1.54, 1.807) is 0 Å². The second kappa shape index (κ2) is 4.06. The Bertz CT molecular complexity index is 797. The van der Waals surface area contributed by atoms with Crippen molar-refractivity contribution >= 4 is 28.4 Å². The first-order chi connectivity index (χ1) is 9.78. The maximum atomic E-state index is 5.75. The third kappa shape index (κ3) is 1.78. The Balaban J connectivity index is 1.66. The monoisotopic (exact) mass is 268 g/mol. The molecule has 3 aromatic rings. The van der Waals surface area contributed by atoms with E-state index in [1.165, 1.54) is 0 Å². The van der Waals surface area contributed by atoms with Crippen LogP contribution in [0.2, 0.25) is 0 Å². The number of rotatable bonds is 2. The Labute approximate surface area is 114 Å². The minimum Gasteiger partial charge on any atom is -0.454 e. The Kier molecular flexibility index (Phi) is 2.23. The first kappa shape index (κ1) is 11.0. The summed E-state index contributed by atoms with van der Waals surface area (Å²) in [7, 11) is 0. The second-order valence-corrected chi connectivity index (χ2v) is 4.56. The van der Waals surface area contributed by atoms with Crippen molar-refractivity contribution in [1.29, 1.82) is 0 Å². The van der Waals surface area contributed by atoms with Crippen molar-refractivity contribution in [3.63, 3.8) is 0 Å². The van der Waals surface area contributed by atoms with Crippen LogP contribution in [-0.2, 0) is 0 Å². The number of hydrogen-bond acceptors (Lipinski definition) is 5. The van der Waals surface area contributed by atoms with Crippen LogP contribution in [0.25, 0.3) is 11.0 Å². The molecular formula is C14H12N4O2. The number of fused-ring (bicyclic) bond motifs is 2. The van der Waals surface area contributed by atoms with Crippen molar-refractivity contribution in [2.45, 2.75) is 0 Å². The van der Waals surface area contributed by atoms with Crippen LogP contribution < -0.4 is 20.5 Å². The summed E-state index contributed by atoms with van der Waals surface area (Å²) in [6.07, 6.45) is 0. The molecule has 0 saturated heterocycles. The predicted molar refractivity (Wildman–Crippen MR) is 76.4 cm³/mol. The number of aromatic nitrogens is 2. The summed E-state index contributed by atoms with van der Waals surface area (Å²) in [6, 6.07) is 11.2. The maximum absolute atomic E-state index is 5.75. The number of hydrogen-bond donors (Lipinski definition) is 3. The number of aromatic amines is 1. The van der Waals surface area contributed by atoms with Gasteiger partial charge in [-0.2, -0.15) is 0 Å². The number of imidazole rings is 1. The molecule has 1 aliphatic heterocycles. The number of nitrogens with zero attached hydrogens (tertiary/aromatic N) is 1. The van der Waals surface area contributed by atoms with Gasteiger partial charge in [-0.05, 0) is 30.3 Å². The van der Waals surface area contributed by atoms with E-state index in [0.29, 0.717) is 11.6 Å². The molecule has 1 aromatic heterocycles. The van der Waals surface area contributed by atoms with Crippen molar-refractivity contribution in [3.05, 3.63) is 36.4 Å². The fourth-order valence-corrected chi connectivity index (χ4v) is 2.20. The summed E-state index contributed by atoms with van der Waals surface area (Å²) in [5.41, 5.74) is 9.09. The molecule has 100 valence electrons. The first-order valence-electron chi connectivity index (χ1n) is 6.20. The van der Waals surface area contributed by atoms with Gasteiger partial charge in [-0.15, -0.1) is 0 Å². The second-order valence-electron chi connectivity index (χ2n) is 4.56. The summed E-state index contributed by atoms with van der Waals surface area (Å²) in [4.78, 5) is 7.63. The summed E-state index contributed by atoms with van der Waals surface area (Å²) < 4.78 is 10.6. The van der Waals surface area contributed by atoms with Crippen LogP contribution in [0.15, 0.2) is 36.4 Å². The lowest BCUT2D eigenvalue weighted by atomic mass is 10.3. The van der Waals surface area contributed by atoms with Crippen LogP contribution in [0.1, 0.15) is 0 Å². The average molecular weight is 268 g/mol. The van der Waals surface area contributed by atoms with Crippen LogP contribution in [0, 0.1) is 0 Å². The summed E-state index contributed by atoms with van der Waals surface area (Å²) >= 11 is 0. The zero-order chi connectivity index (χ0) is 13.5. The molecule has 20 heavy (non-hydrogen) atoms. The largest absolute Gasteiger partial charge is 0.454 e. The van der Waals surface area contributed by atoms with E-state index in [9.17, 15) is 0 Å². The van der Waals surface area contributed by atoms with Gasteiger partial charge in [-0.1, -0.05) is 0 Å². The molecule has 0 atom stereocenters. The number of H-pyrrole nitrogens is 1. The van der Waals surface area contributed by atoms with Crippen molar-refractivity contribution in [3.8, 4) is 11.5 Å². The average Bonchev–Trinajstić information content (AvgIpc) is 3.03. The molecule has 1 aliphatic rings. The molecule has 6 heteroatoms. The van der Waals surface area contributed by atoms with Crippen LogP contribution in [0.3, 0.4) is 0 Å². The van der Waals surface area contributed by atoms with Crippen molar-refractivity contribution in [2.75, 3.05) is 17.8 Å². The highest BCUT2D eigenvalue weighted by Crippen LogP contribution is 2.35. The van der Waals surface area contributed by atoms with E-state index >= 15 is 0 Å². The highest BCUT2D eigenvalue weighted by molar-refractivity contribution is 5.81. The van der Waals surface area contributed by atoms with Crippen LogP contribution in [-0.4, -0.2) is 16.8 Å². The van der Waals surface area contributed by atoms with Crippen molar-refractivity contribution < 1.29 is 9.47 Å². The highest BCUT2D eigenvalue weighted by atomic mass is 16.7. The molecule has 0 fully saturated rings. The van der Waals surface area contributed by atoms with E-state index < -0.39 is 0 Å². The van der Waals surface area contributed by atoms with Crippen molar-refractivity contribution in [1.82, 2.24) is 9.97 Å². The highest BCUT2D eigenvalue weighted by Gasteiger charge is 2.13. The fraction of sp³-hybridized carbons (Fsp3) is 0.0714. The third-order valence-electron chi connectivity index (χ3n) is 3.14. The van der Waals surface area contributed by atoms with Gasteiger partial charge in [-0.25, -0.2) is 4.98 Å². The quantitative estimate of drug-likeness (QED) is 0.622. The zero-order valence-corrected chi connectivity index (χ0v) is 10.5. The maximum Gasteiger partial charge on any atom is 0.231 e. The Morgan fingerprint density at radius 2 is 2.00 bits per heavy atom. The number of ether oxygens (including phenoxy) is 2. The summed E-state index contributed by atoms with van der Waals surface area (Å²) in [5.74, 6) is 2.15. The number of nitrogens with one attached hydrogen (secondary N) is 2. The first-order valence-corrected chi connectivity index (χ1v) is 6.20. The lowest BCUT2D eigenvalue weighted by Gasteiger charge is -2.03. The lowest BCUT2D eigenvalue weighted by Crippen LogP contribution is -1.93. The Hall–Kier alpha value is -2.89. The number of nitrogen functional groups attached to an aromatic ring is 1. The SMILES string of the molecule is Nc1ccc2nc(Nc3ccc4c(c3)OCO4)[nH]c2c1. The minimum absolute atomic E-state index is 0.267. The molecule has 0 radical (unpaired) electrons. The number of nitrogens with two attached hydrogens (primary N) is 1. The van der Waals surface area contributed by atoms with Gasteiger partial charge in [0.1, 0.15) is 0 Å². The molecule has 6 nitrogen and oxygen atoms in total. The van der Waals surface area contributed by atoms with E-state index in [-0.39, 0.29) is 6.79 Å². The number of anilines is 3. The van der Waals surface area contributed by atoms with Gasteiger partial charge in [0.2, 0.25) is 12.7 Å². The van der Waals surface area contributed by atoms with Crippen molar-refractivity contribution in [2.24, 2.45) is 0 Å². The van der Waals surface area contributed by atoms with Crippen LogP contribution >= 0.6 is 0 Å². The predicted octanol–water partition coefficient (Wildman–Crippen LogP) is 2.62. The van der Waals surface area contributed by atoms with E-state index in [1.807, 2.05) is 36.4 Å². The van der Waals surface area contributed by atoms with Gasteiger partial charge in [0, 0.05) is 17.4 Å². The lowest BCUT2D eigenvalue weighted by molar-refractivity contribution is 0.174. The molecule has 0 aliphatic carbocycles. The van der Waals surface area contributed by atoms with E-state index in [4.69, 9.17) is 15.2 Å². The molecular weight excluding hydrogens is 256 g/mol. The van der Waals surface area contributed by atoms with E-state index in [0.717, 1.165) is 28.2 Å². The van der Waals surface area contributed by atoms with Gasteiger partial charge >= 0.3 is 0 Å². The minimum atomic E-state index is 0.267. The molecule has 0 amide bonds. The van der Waals surface area contributed by atoms with Gasteiger partial charge in [0.25, 0.3) is 0 Å². The fourth-order valence-electron chi connectivity index (χ4n) is 2.20. The topological polar surface area (TPSA) is 85.2 Å². The molecule has 2 aromatic carbocycles. The van der Waals surface area contributed by atoms with Crippen LogP contribution in [0.5, 0.6) is 11.5 Å². The summed E-state index contributed by atoms with van der Waals surface area (Å²) in [5, 5.41) is 3.20. The van der Waals surface area contributed by atoms with E-state index in [2.05, 4.69) is 15.3 Å². The van der Waals surface area contributed by atoms with Gasteiger partial charge in [0.05, 0.1) is 11.0 Å². The summed E-state index contributed by atoms with van der Waals surface area (Å²) in [6.45, 7) is 0.267. The van der Waals surface area contributed by atoms with Gasteiger partial charge < -0.3 is 25.5 Å². The number of benzene rings is 2. The van der Waals surface area contributed by atoms with Crippen LogP contribution in [0.4, 0.5) is 17.3 Å². The Morgan fingerprint density at radius 1 is 1.10 bits per heavy atom. The Morgan fingerprint density at radius 3 is 2.95 bits per heavy atom.